The average Bonchev–Trinajstić information content (AvgIpc) is 3.02. The quantitative estimate of drug-likeness (QED) is 0.643. The van der Waals surface area contributed by atoms with Crippen LogP contribution in [-0.2, 0) is 12.8 Å². The number of nitrogens with zero attached hydrogens (tertiary/aromatic N) is 2. The number of thiophene rings is 1. The molecule has 110 valence electrons. The van der Waals surface area contributed by atoms with Gasteiger partial charge in [-0.3, -0.25) is 0 Å². The number of aromatic nitrogens is 2. The van der Waals surface area contributed by atoms with Gasteiger partial charge in [0, 0.05) is 17.4 Å². The predicted molar refractivity (Wildman–Crippen MR) is 84.3 cm³/mol. The van der Waals surface area contributed by atoms with Crippen molar-refractivity contribution in [3.05, 3.63) is 44.7 Å². The van der Waals surface area contributed by atoms with E-state index in [0.717, 1.165) is 46.5 Å². The van der Waals surface area contributed by atoms with Gasteiger partial charge in [-0.2, -0.15) is 0 Å². The highest BCUT2D eigenvalue weighted by atomic mass is 32.1. The molecule has 0 bridgehead atoms. The molecule has 2 aromatic heterocycles. The van der Waals surface area contributed by atoms with Crippen molar-refractivity contribution in [1.82, 2.24) is 4.98 Å². The first-order valence-electron chi connectivity index (χ1n) is 7.29. The van der Waals surface area contributed by atoms with Crippen LogP contribution in [0.1, 0.15) is 41.7 Å². The lowest BCUT2D eigenvalue weighted by molar-refractivity contribution is -0.620. The highest BCUT2D eigenvalue weighted by Gasteiger charge is 2.25. The maximum atomic E-state index is 12.5. The van der Waals surface area contributed by atoms with E-state index in [4.69, 9.17) is 4.74 Å². The third-order valence-corrected chi connectivity index (χ3v) is 4.42. The van der Waals surface area contributed by atoms with Crippen LogP contribution in [0, 0.1) is 5.21 Å². The van der Waals surface area contributed by atoms with E-state index in [0.29, 0.717) is 18.3 Å². The molecule has 0 N–H and O–H groups in total. The molecule has 0 spiro atoms. The SMILES string of the molecule is CCOc1nc(/C=C/c2cccs2)[n+]([O-])c2c1CCCC2. The van der Waals surface area contributed by atoms with E-state index in [-0.39, 0.29) is 0 Å². The monoisotopic (exact) mass is 302 g/mol. The molecular formula is C16H18N2O2S. The molecule has 5 heteroatoms. The lowest BCUT2D eigenvalue weighted by atomic mass is 9.96. The molecule has 1 aliphatic carbocycles. The third-order valence-electron chi connectivity index (χ3n) is 3.59. The van der Waals surface area contributed by atoms with Crippen LogP contribution in [0.2, 0.25) is 0 Å². The molecule has 0 unspecified atom stereocenters. The second-order valence-electron chi connectivity index (χ2n) is 4.98. The normalized spacial score (nSPS) is 14.3. The van der Waals surface area contributed by atoms with E-state index < -0.39 is 0 Å². The van der Waals surface area contributed by atoms with Crippen molar-refractivity contribution in [3.8, 4) is 5.88 Å². The van der Waals surface area contributed by atoms with Gasteiger partial charge in [0.15, 0.2) is 0 Å². The van der Waals surface area contributed by atoms with E-state index in [1.54, 1.807) is 17.4 Å². The lowest BCUT2D eigenvalue weighted by Gasteiger charge is -2.19. The summed E-state index contributed by atoms with van der Waals surface area (Å²) in [6.07, 6.45) is 7.54. The van der Waals surface area contributed by atoms with Crippen LogP contribution < -0.4 is 9.47 Å². The Morgan fingerprint density at radius 1 is 1.38 bits per heavy atom. The summed E-state index contributed by atoms with van der Waals surface area (Å²) in [6, 6.07) is 4.00. The maximum Gasteiger partial charge on any atom is 0.335 e. The zero-order valence-electron chi connectivity index (χ0n) is 12.0. The zero-order chi connectivity index (χ0) is 14.7. The molecule has 0 fully saturated rings. The summed E-state index contributed by atoms with van der Waals surface area (Å²) in [7, 11) is 0. The molecule has 0 atom stereocenters. The summed E-state index contributed by atoms with van der Waals surface area (Å²) in [4.78, 5) is 5.52. The standard InChI is InChI=1S/C16H18N2O2S/c1-2-20-16-13-7-3-4-8-14(13)18(19)15(17-16)10-9-12-6-5-11-21-12/h5-6,9-11H,2-4,7-8H2,1H3/b10-9+. The van der Waals surface area contributed by atoms with Gasteiger partial charge < -0.3 is 9.94 Å². The van der Waals surface area contributed by atoms with Crippen molar-refractivity contribution in [1.29, 1.82) is 0 Å². The highest BCUT2D eigenvalue weighted by molar-refractivity contribution is 7.10. The largest absolute Gasteiger partial charge is 0.710 e. The molecule has 2 aromatic rings. The Morgan fingerprint density at radius 3 is 3.00 bits per heavy atom. The second-order valence-corrected chi connectivity index (χ2v) is 5.96. The van der Waals surface area contributed by atoms with Gasteiger partial charge in [-0.15, -0.1) is 11.3 Å². The molecule has 0 amide bonds. The molecule has 2 heterocycles. The van der Waals surface area contributed by atoms with Crippen LogP contribution >= 0.6 is 11.3 Å². The minimum Gasteiger partial charge on any atom is -0.710 e. The van der Waals surface area contributed by atoms with Crippen LogP contribution in [0.5, 0.6) is 5.88 Å². The molecule has 0 radical (unpaired) electrons. The van der Waals surface area contributed by atoms with Gasteiger partial charge in [0.25, 0.3) is 0 Å². The minimum absolute atomic E-state index is 0.410. The van der Waals surface area contributed by atoms with Gasteiger partial charge in [0.05, 0.1) is 12.2 Å². The number of fused-ring (bicyclic) bond motifs is 1. The van der Waals surface area contributed by atoms with Crippen molar-refractivity contribution in [2.75, 3.05) is 6.61 Å². The van der Waals surface area contributed by atoms with Crippen LogP contribution in [0.4, 0.5) is 0 Å². The lowest BCUT2D eigenvalue weighted by Crippen LogP contribution is -2.39. The third kappa shape index (κ3) is 2.93. The maximum absolute atomic E-state index is 12.5. The van der Waals surface area contributed by atoms with Crippen molar-refractivity contribution >= 4 is 23.5 Å². The topological polar surface area (TPSA) is 49.1 Å². The summed E-state index contributed by atoms with van der Waals surface area (Å²) >= 11 is 1.63. The van der Waals surface area contributed by atoms with E-state index in [9.17, 15) is 5.21 Å². The van der Waals surface area contributed by atoms with Crippen molar-refractivity contribution in [2.45, 2.75) is 32.6 Å². The Labute approximate surface area is 128 Å². The first kappa shape index (κ1) is 14.1. The van der Waals surface area contributed by atoms with Gasteiger partial charge in [-0.1, -0.05) is 6.07 Å². The zero-order valence-corrected chi connectivity index (χ0v) is 12.9. The Kier molecular flexibility index (Phi) is 4.20. The van der Waals surface area contributed by atoms with Gasteiger partial charge in [-0.05, 0) is 48.7 Å². The Morgan fingerprint density at radius 2 is 2.24 bits per heavy atom. The highest BCUT2D eigenvalue weighted by Crippen LogP contribution is 2.26. The van der Waals surface area contributed by atoms with Crippen LogP contribution in [0.15, 0.2) is 17.5 Å². The first-order valence-corrected chi connectivity index (χ1v) is 8.17. The average molecular weight is 302 g/mol. The Hall–Kier alpha value is -1.88. The second kappa shape index (κ2) is 6.26. The molecule has 3 rings (SSSR count). The van der Waals surface area contributed by atoms with Crippen LogP contribution in [0.3, 0.4) is 0 Å². The summed E-state index contributed by atoms with van der Waals surface area (Å²) < 4.78 is 6.62. The molecule has 0 aromatic carbocycles. The Balaban J connectivity index is 2.01. The van der Waals surface area contributed by atoms with E-state index in [2.05, 4.69) is 4.98 Å². The summed E-state index contributed by atoms with van der Waals surface area (Å²) in [5.41, 5.74) is 1.82. The van der Waals surface area contributed by atoms with Gasteiger partial charge in [0.1, 0.15) is 5.69 Å². The first-order chi connectivity index (χ1) is 10.3. The molecule has 0 saturated heterocycles. The molecule has 21 heavy (non-hydrogen) atoms. The fourth-order valence-electron chi connectivity index (χ4n) is 2.60. The van der Waals surface area contributed by atoms with Crippen LogP contribution in [-0.4, -0.2) is 11.6 Å². The van der Waals surface area contributed by atoms with E-state index in [1.165, 1.54) is 0 Å². The molecule has 1 aliphatic rings. The summed E-state index contributed by atoms with van der Waals surface area (Å²) in [5, 5.41) is 14.5. The number of ether oxygens (including phenoxy) is 1. The van der Waals surface area contributed by atoms with Crippen molar-refractivity contribution in [2.24, 2.45) is 0 Å². The number of hydrogen-bond acceptors (Lipinski definition) is 4. The molecule has 0 saturated carbocycles. The fourth-order valence-corrected chi connectivity index (χ4v) is 3.22. The van der Waals surface area contributed by atoms with Gasteiger partial charge in [-0.25, -0.2) is 4.73 Å². The molecule has 0 aliphatic heterocycles. The van der Waals surface area contributed by atoms with Gasteiger partial charge >= 0.3 is 11.7 Å². The van der Waals surface area contributed by atoms with Crippen molar-refractivity contribution in [3.63, 3.8) is 0 Å². The van der Waals surface area contributed by atoms with E-state index in [1.807, 2.05) is 30.5 Å². The summed E-state index contributed by atoms with van der Waals surface area (Å²) in [6.45, 7) is 2.51. The smallest absolute Gasteiger partial charge is 0.335 e. The Bertz CT molecular complexity index is 651. The van der Waals surface area contributed by atoms with E-state index >= 15 is 0 Å². The van der Waals surface area contributed by atoms with Gasteiger partial charge in [0.2, 0.25) is 0 Å². The number of rotatable bonds is 4. The van der Waals surface area contributed by atoms with Crippen LogP contribution in [0.25, 0.3) is 12.2 Å². The minimum atomic E-state index is 0.410. The summed E-state index contributed by atoms with van der Waals surface area (Å²) in [5.74, 6) is 1.04. The predicted octanol–water partition coefficient (Wildman–Crippen LogP) is 3.22. The van der Waals surface area contributed by atoms with Crippen molar-refractivity contribution < 1.29 is 9.47 Å². The molecule has 4 nitrogen and oxygen atoms in total. The molecular weight excluding hydrogens is 284 g/mol. The fraction of sp³-hybridized carbons (Fsp3) is 0.375. The number of hydrogen-bond donors (Lipinski definition) is 0.